The molecule has 1 unspecified atom stereocenters. The number of hydrogen-bond acceptors (Lipinski definition) is 3. The number of rotatable bonds is 3. The zero-order valence-electron chi connectivity index (χ0n) is 13.5. The highest BCUT2D eigenvalue weighted by molar-refractivity contribution is 7.10. The van der Waals surface area contributed by atoms with E-state index in [-0.39, 0.29) is 17.9 Å². The van der Waals surface area contributed by atoms with Gasteiger partial charge in [-0.3, -0.25) is 9.59 Å². The predicted octanol–water partition coefficient (Wildman–Crippen LogP) is 3.12. The van der Waals surface area contributed by atoms with Gasteiger partial charge in [-0.25, -0.2) is 0 Å². The maximum Gasteiger partial charge on any atom is 0.270 e. The third kappa shape index (κ3) is 2.86. The van der Waals surface area contributed by atoms with E-state index in [9.17, 15) is 9.59 Å². The number of nitrogens with zero attached hydrogens (tertiary/aromatic N) is 1. The molecule has 2 aromatic rings. The van der Waals surface area contributed by atoms with E-state index in [0.717, 1.165) is 45.2 Å². The Bertz CT molecular complexity index is 758. The number of aromatic nitrogens is 1. The average Bonchev–Trinajstić information content (AvgIpc) is 3.33. The summed E-state index contributed by atoms with van der Waals surface area (Å²) in [6.07, 6.45) is 6.94. The monoisotopic (exact) mass is 343 g/mol. The molecule has 2 N–H and O–H groups in total. The van der Waals surface area contributed by atoms with Crippen LogP contribution >= 0.6 is 11.3 Å². The number of likely N-dealkylation sites (tertiary alicyclic amines) is 1. The largest absolute Gasteiger partial charge is 0.356 e. The minimum absolute atomic E-state index is 0.00987. The Morgan fingerprint density at radius 2 is 2.08 bits per heavy atom. The molecule has 126 valence electrons. The molecule has 1 aliphatic heterocycles. The van der Waals surface area contributed by atoms with Gasteiger partial charge in [-0.15, -0.1) is 11.3 Å². The summed E-state index contributed by atoms with van der Waals surface area (Å²) in [5, 5.41) is 5.22. The Labute approximate surface area is 145 Å². The number of thiophene rings is 1. The van der Waals surface area contributed by atoms with Crippen LogP contribution in [0, 0.1) is 0 Å². The fraction of sp³-hybridized carbons (Fsp3) is 0.444. The van der Waals surface area contributed by atoms with Crippen molar-refractivity contribution in [2.45, 2.75) is 38.1 Å². The van der Waals surface area contributed by atoms with Crippen molar-refractivity contribution in [3.63, 3.8) is 0 Å². The summed E-state index contributed by atoms with van der Waals surface area (Å²) in [5.74, 6) is -0.125. The van der Waals surface area contributed by atoms with Crippen molar-refractivity contribution in [2.24, 2.45) is 0 Å². The Balaban J connectivity index is 1.45. The number of fused-ring (bicyclic) bond motifs is 1. The summed E-state index contributed by atoms with van der Waals surface area (Å²) in [6.45, 7) is 1.62. The van der Waals surface area contributed by atoms with E-state index < -0.39 is 0 Å². The molecule has 2 aliphatic rings. The second-order valence-electron chi connectivity index (χ2n) is 6.52. The molecular weight excluding hydrogens is 322 g/mol. The summed E-state index contributed by atoms with van der Waals surface area (Å²) in [4.78, 5) is 31.1. The van der Waals surface area contributed by atoms with Gasteiger partial charge in [-0.2, -0.15) is 0 Å². The van der Waals surface area contributed by atoms with Gasteiger partial charge in [0.15, 0.2) is 0 Å². The molecule has 2 aromatic heterocycles. The van der Waals surface area contributed by atoms with E-state index in [2.05, 4.69) is 21.7 Å². The van der Waals surface area contributed by atoms with Gasteiger partial charge in [0.2, 0.25) is 0 Å². The van der Waals surface area contributed by atoms with Crippen LogP contribution in [0.1, 0.15) is 63.0 Å². The van der Waals surface area contributed by atoms with E-state index in [4.69, 9.17) is 0 Å². The molecule has 4 rings (SSSR count). The first-order valence-electron chi connectivity index (χ1n) is 8.57. The molecule has 5 nitrogen and oxygen atoms in total. The van der Waals surface area contributed by atoms with Crippen molar-refractivity contribution in [3.05, 3.63) is 45.4 Å². The molecule has 1 saturated heterocycles. The summed E-state index contributed by atoms with van der Waals surface area (Å²) < 4.78 is 0. The van der Waals surface area contributed by atoms with Gasteiger partial charge in [0, 0.05) is 24.2 Å². The quantitative estimate of drug-likeness (QED) is 0.899. The first kappa shape index (κ1) is 15.4. The number of aromatic amines is 1. The van der Waals surface area contributed by atoms with Gasteiger partial charge in [0.05, 0.1) is 11.6 Å². The summed E-state index contributed by atoms with van der Waals surface area (Å²) >= 11 is 1.77. The van der Waals surface area contributed by atoms with Crippen LogP contribution in [0.4, 0.5) is 0 Å². The minimum atomic E-state index is -0.115. The van der Waals surface area contributed by atoms with E-state index in [0.29, 0.717) is 11.3 Å². The van der Waals surface area contributed by atoms with Gasteiger partial charge in [-0.05, 0) is 55.2 Å². The van der Waals surface area contributed by atoms with Crippen molar-refractivity contribution in [1.29, 1.82) is 0 Å². The number of amides is 2. The number of carbonyl (C=O) groups excluding carboxylic acids is 2. The maximum absolute atomic E-state index is 12.5. The van der Waals surface area contributed by atoms with Gasteiger partial charge >= 0.3 is 0 Å². The zero-order valence-corrected chi connectivity index (χ0v) is 14.3. The summed E-state index contributed by atoms with van der Waals surface area (Å²) in [7, 11) is 0. The lowest BCUT2D eigenvalue weighted by Gasteiger charge is -2.23. The Morgan fingerprint density at radius 1 is 1.25 bits per heavy atom. The highest BCUT2D eigenvalue weighted by Gasteiger charge is 2.25. The molecule has 0 bridgehead atoms. The molecule has 0 radical (unpaired) electrons. The molecule has 0 spiro atoms. The van der Waals surface area contributed by atoms with Gasteiger partial charge in [0.1, 0.15) is 5.69 Å². The van der Waals surface area contributed by atoms with Crippen molar-refractivity contribution >= 4 is 23.2 Å². The highest BCUT2D eigenvalue weighted by atomic mass is 32.1. The molecule has 24 heavy (non-hydrogen) atoms. The second kappa shape index (κ2) is 6.43. The van der Waals surface area contributed by atoms with E-state index in [1.807, 2.05) is 4.90 Å². The molecule has 0 saturated carbocycles. The third-order valence-corrected chi connectivity index (χ3v) is 5.92. The molecule has 3 heterocycles. The third-order valence-electron chi connectivity index (χ3n) is 4.93. The maximum atomic E-state index is 12.5. The number of hydrogen-bond donors (Lipinski definition) is 2. The van der Waals surface area contributed by atoms with Gasteiger partial charge in [-0.1, -0.05) is 0 Å². The highest BCUT2D eigenvalue weighted by Crippen LogP contribution is 2.33. The SMILES string of the molecule is O=C(NC1CCCc2sccc21)c1c[nH]c(C(=O)N2CCCC2)c1. The van der Waals surface area contributed by atoms with Crippen LogP contribution in [0.5, 0.6) is 0 Å². The topological polar surface area (TPSA) is 65.2 Å². The first-order chi connectivity index (χ1) is 11.7. The average molecular weight is 343 g/mol. The first-order valence-corrected chi connectivity index (χ1v) is 9.45. The summed E-state index contributed by atoms with van der Waals surface area (Å²) in [5.41, 5.74) is 2.28. The molecule has 1 atom stereocenters. The van der Waals surface area contributed by atoms with Crippen LogP contribution in [-0.4, -0.2) is 34.8 Å². The second-order valence-corrected chi connectivity index (χ2v) is 7.52. The molecule has 2 amide bonds. The number of H-pyrrole nitrogens is 1. The zero-order chi connectivity index (χ0) is 16.5. The smallest absolute Gasteiger partial charge is 0.270 e. The lowest BCUT2D eigenvalue weighted by molar-refractivity contribution is 0.0787. The predicted molar refractivity (Wildman–Crippen MR) is 93.4 cm³/mol. The van der Waals surface area contributed by atoms with Crippen molar-refractivity contribution in [2.75, 3.05) is 13.1 Å². The van der Waals surface area contributed by atoms with Crippen LogP contribution in [0.15, 0.2) is 23.7 Å². The minimum Gasteiger partial charge on any atom is -0.356 e. The molecule has 1 fully saturated rings. The lowest BCUT2D eigenvalue weighted by Crippen LogP contribution is -2.30. The summed E-state index contributed by atoms with van der Waals surface area (Å²) in [6, 6.07) is 3.87. The van der Waals surface area contributed by atoms with Crippen LogP contribution in [0.3, 0.4) is 0 Å². The Morgan fingerprint density at radius 3 is 2.92 bits per heavy atom. The number of nitrogens with one attached hydrogen (secondary N) is 2. The Hall–Kier alpha value is -2.08. The van der Waals surface area contributed by atoms with E-state index >= 15 is 0 Å². The van der Waals surface area contributed by atoms with Crippen molar-refractivity contribution in [3.8, 4) is 0 Å². The number of carbonyl (C=O) groups is 2. The molecule has 0 aromatic carbocycles. The van der Waals surface area contributed by atoms with Crippen LogP contribution in [-0.2, 0) is 6.42 Å². The fourth-order valence-electron chi connectivity index (χ4n) is 3.62. The normalized spacial score (nSPS) is 20.0. The van der Waals surface area contributed by atoms with Crippen LogP contribution in [0.2, 0.25) is 0 Å². The lowest BCUT2D eigenvalue weighted by atomic mass is 9.94. The van der Waals surface area contributed by atoms with Crippen molar-refractivity contribution in [1.82, 2.24) is 15.2 Å². The molecular formula is C18H21N3O2S. The fourth-order valence-corrected chi connectivity index (χ4v) is 4.60. The number of aryl methyl sites for hydroxylation is 1. The molecule has 6 heteroatoms. The van der Waals surface area contributed by atoms with Gasteiger partial charge in [0.25, 0.3) is 11.8 Å². The Kier molecular flexibility index (Phi) is 4.14. The van der Waals surface area contributed by atoms with E-state index in [1.54, 1.807) is 23.6 Å². The van der Waals surface area contributed by atoms with Crippen molar-refractivity contribution < 1.29 is 9.59 Å². The van der Waals surface area contributed by atoms with Crippen LogP contribution < -0.4 is 5.32 Å². The van der Waals surface area contributed by atoms with Crippen LogP contribution in [0.25, 0.3) is 0 Å². The standard InChI is InChI=1S/C18H21N3O2S/c22-17(20-14-4-3-5-16-13(14)6-9-24-16)12-10-15(19-11-12)18(23)21-7-1-2-8-21/h6,9-11,14,19H,1-5,7-8H2,(H,20,22). The molecule has 1 aliphatic carbocycles. The van der Waals surface area contributed by atoms with E-state index in [1.165, 1.54) is 10.4 Å². The van der Waals surface area contributed by atoms with Gasteiger partial charge < -0.3 is 15.2 Å².